The van der Waals surface area contributed by atoms with Gasteiger partial charge < -0.3 is 19.7 Å². The first-order chi connectivity index (χ1) is 16.8. The summed E-state index contributed by atoms with van der Waals surface area (Å²) in [5.74, 6) is -0.206. The van der Waals surface area contributed by atoms with E-state index in [4.69, 9.17) is 9.47 Å². The first-order valence-corrected chi connectivity index (χ1v) is 12.8. The molecule has 8 nitrogen and oxygen atoms in total. The van der Waals surface area contributed by atoms with Crippen molar-refractivity contribution in [3.63, 3.8) is 0 Å². The van der Waals surface area contributed by atoms with Crippen LogP contribution >= 0.6 is 0 Å². The number of nitroso groups, excluding NO2 is 1. The highest BCUT2D eigenvalue weighted by Crippen LogP contribution is 2.29. The van der Waals surface area contributed by atoms with Gasteiger partial charge in [0.15, 0.2) is 0 Å². The van der Waals surface area contributed by atoms with E-state index in [9.17, 15) is 14.5 Å². The summed E-state index contributed by atoms with van der Waals surface area (Å²) in [6.45, 7) is 8.54. The maximum Gasteiger partial charge on any atom is 0.225 e. The van der Waals surface area contributed by atoms with E-state index in [1.54, 1.807) is 21.1 Å². The van der Waals surface area contributed by atoms with Crippen LogP contribution in [-0.4, -0.2) is 61.8 Å². The van der Waals surface area contributed by atoms with Gasteiger partial charge in [-0.1, -0.05) is 62.7 Å². The standard InChI is InChI=1S/C27H43N3O5/c1-7-18(2)16-22(34-5)17-24(31)30-15-11-14-23(30)26(35-6)19(3)27(32)28-20(4)25(29-33)21-12-9-8-10-13-21/h8-10,12-13,18-20,22-23,25-26H,7,11,14-17H2,1-6H3,(H,28,32)/t18?,19?,20?,22?,23-,25?,26?/m0/s1. The fraction of sp³-hybridized carbons (Fsp3) is 0.704. The lowest BCUT2D eigenvalue weighted by molar-refractivity contribution is -0.142. The maximum absolute atomic E-state index is 13.2. The minimum Gasteiger partial charge on any atom is -0.381 e. The minimum atomic E-state index is -0.686. The largest absolute Gasteiger partial charge is 0.381 e. The van der Waals surface area contributed by atoms with Gasteiger partial charge in [-0.05, 0) is 37.7 Å². The minimum absolute atomic E-state index is 0.0416. The SMILES string of the molecule is CCC(C)CC(CC(=O)N1CCC[C@H]1C(OC)C(C)C(=O)NC(C)C(N=O)c1ccccc1)OC. The average Bonchev–Trinajstić information content (AvgIpc) is 3.34. The summed E-state index contributed by atoms with van der Waals surface area (Å²) in [4.78, 5) is 39.8. The second-order valence-corrected chi connectivity index (χ2v) is 9.85. The molecule has 1 aliphatic rings. The molecule has 1 fully saturated rings. The lowest BCUT2D eigenvalue weighted by Crippen LogP contribution is -2.51. The number of hydrogen-bond acceptors (Lipinski definition) is 6. The van der Waals surface area contributed by atoms with Crippen LogP contribution in [0, 0.1) is 16.7 Å². The Morgan fingerprint density at radius 2 is 1.83 bits per heavy atom. The van der Waals surface area contributed by atoms with Crippen molar-refractivity contribution in [2.75, 3.05) is 20.8 Å². The Bertz CT molecular complexity index is 805. The number of nitrogens with one attached hydrogen (secondary N) is 1. The molecule has 1 aromatic rings. The predicted molar refractivity (Wildman–Crippen MR) is 137 cm³/mol. The smallest absolute Gasteiger partial charge is 0.225 e. The number of amides is 2. The Hall–Kier alpha value is -2.32. The summed E-state index contributed by atoms with van der Waals surface area (Å²) in [5, 5.41) is 6.19. The second-order valence-electron chi connectivity index (χ2n) is 9.85. The van der Waals surface area contributed by atoms with Crippen LogP contribution in [0.15, 0.2) is 35.5 Å². The van der Waals surface area contributed by atoms with Gasteiger partial charge in [0.1, 0.15) is 6.04 Å². The van der Waals surface area contributed by atoms with Crippen LogP contribution in [0.4, 0.5) is 0 Å². The van der Waals surface area contributed by atoms with Crippen molar-refractivity contribution in [3.05, 3.63) is 40.8 Å². The normalized spacial score (nSPS) is 21.0. The fourth-order valence-corrected chi connectivity index (χ4v) is 5.00. The molecule has 0 saturated carbocycles. The lowest BCUT2D eigenvalue weighted by Gasteiger charge is -2.35. The lowest BCUT2D eigenvalue weighted by atomic mass is 9.93. The Labute approximate surface area is 210 Å². The molecule has 0 bridgehead atoms. The number of methoxy groups -OCH3 is 2. The first kappa shape index (κ1) is 28.9. The fourth-order valence-electron chi connectivity index (χ4n) is 5.00. The van der Waals surface area contributed by atoms with Gasteiger partial charge in [0.25, 0.3) is 0 Å². The van der Waals surface area contributed by atoms with Gasteiger partial charge in [-0.3, -0.25) is 9.59 Å². The molecule has 6 unspecified atom stereocenters. The van der Waals surface area contributed by atoms with Gasteiger partial charge in [-0.25, -0.2) is 0 Å². The van der Waals surface area contributed by atoms with Crippen LogP contribution in [0.25, 0.3) is 0 Å². The molecule has 1 aromatic carbocycles. The van der Waals surface area contributed by atoms with E-state index < -0.39 is 24.1 Å². The maximum atomic E-state index is 13.2. The summed E-state index contributed by atoms with van der Waals surface area (Å²) in [6.07, 6.45) is 3.29. The molecule has 7 atom stereocenters. The molecule has 0 spiro atoms. The molecule has 1 saturated heterocycles. The molecule has 0 radical (unpaired) electrons. The molecule has 1 N–H and O–H groups in total. The van der Waals surface area contributed by atoms with E-state index in [1.807, 2.05) is 42.2 Å². The molecule has 35 heavy (non-hydrogen) atoms. The Morgan fingerprint density at radius 3 is 2.40 bits per heavy atom. The summed E-state index contributed by atoms with van der Waals surface area (Å²) >= 11 is 0. The number of carbonyl (C=O) groups excluding carboxylic acids is 2. The van der Waals surface area contributed by atoms with Gasteiger partial charge >= 0.3 is 0 Å². The molecule has 0 aliphatic carbocycles. The highest BCUT2D eigenvalue weighted by Gasteiger charge is 2.40. The van der Waals surface area contributed by atoms with Crippen LogP contribution in [-0.2, 0) is 19.1 Å². The molecule has 0 aromatic heterocycles. The third-order valence-electron chi connectivity index (χ3n) is 7.37. The van der Waals surface area contributed by atoms with Crippen LogP contribution < -0.4 is 5.32 Å². The van der Waals surface area contributed by atoms with Crippen molar-refractivity contribution in [3.8, 4) is 0 Å². The van der Waals surface area contributed by atoms with Crippen molar-refractivity contribution in [1.29, 1.82) is 0 Å². The van der Waals surface area contributed by atoms with Crippen molar-refractivity contribution in [2.24, 2.45) is 17.0 Å². The van der Waals surface area contributed by atoms with Crippen LogP contribution in [0.3, 0.4) is 0 Å². The quantitative estimate of drug-likeness (QED) is 0.389. The summed E-state index contributed by atoms with van der Waals surface area (Å²) < 4.78 is 11.4. The van der Waals surface area contributed by atoms with Crippen molar-refractivity contribution < 1.29 is 19.1 Å². The number of likely N-dealkylation sites (tertiary alicyclic amines) is 1. The van der Waals surface area contributed by atoms with Gasteiger partial charge in [0, 0.05) is 20.8 Å². The number of benzene rings is 1. The third kappa shape index (κ3) is 7.84. The van der Waals surface area contributed by atoms with E-state index in [-0.39, 0.29) is 24.0 Å². The second kappa shape index (κ2) is 14.3. The zero-order valence-corrected chi connectivity index (χ0v) is 22.1. The van der Waals surface area contributed by atoms with Gasteiger partial charge in [0.05, 0.1) is 36.6 Å². The van der Waals surface area contributed by atoms with Crippen molar-refractivity contribution in [1.82, 2.24) is 10.2 Å². The van der Waals surface area contributed by atoms with E-state index in [1.165, 1.54) is 0 Å². The van der Waals surface area contributed by atoms with E-state index in [2.05, 4.69) is 24.3 Å². The third-order valence-corrected chi connectivity index (χ3v) is 7.37. The molecular weight excluding hydrogens is 446 g/mol. The monoisotopic (exact) mass is 489 g/mol. The first-order valence-electron chi connectivity index (χ1n) is 12.8. The molecule has 2 amide bonds. The van der Waals surface area contributed by atoms with Crippen LogP contribution in [0.1, 0.15) is 71.4 Å². The predicted octanol–water partition coefficient (Wildman–Crippen LogP) is 4.48. The Balaban J connectivity index is 2.05. The van der Waals surface area contributed by atoms with Crippen molar-refractivity contribution >= 4 is 11.8 Å². The topological polar surface area (TPSA) is 97.3 Å². The number of hydrogen-bond donors (Lipinski definition) is 1. The van der Waals surface area contributed by atoms with E-state index >= 15 is 0 Å². The van der Waals surface area contributed by atoms with E-state index in [0.29, 0.717) is 18.9 Å². The van der Waals surface area contributed by atoms with Gasteiger partial charge in [0.2, 0.25) is 11.8 Å². The Morgan fingerprint density at radius 1 is 1.14 bits per heavy atom. The number of rotatable bonds is 14. The zero-order valence-electron chi connectivity index (χ0n) is 22.1. The van der Waals surface area contributed by atoms with Gasteiger partial charge in [-0.2, -0.15) is 4.91 Å². The van der Waals surface area contributed by atoms with Crippen LogP contribution in [0.5, 0.6) is 0 Å². The van der Waals surface area contributed by atoms with Crippen LogP contribution in [0.2, 0.25) is 0 Å². The molecular formula is C27H43N3O5. The number of ether oxygens (including phenoxy) is 2. The summed E-state index contributed by atoms with van der Waals surface area (Å²) in [6, 6.07) is 7.86. The summed E-state index contributed by atoms with van der Waals surface area (Å²) in [7, 11) is 3.24. The molecule has 1 heterocycles. The zero-order chi connectivity index (χ0) is 26.0. The van der Waals surface area contributed by atoms with Crippen molar-refractivity contribution in [2.45, 2.75) is 90.1 Å². The van der Waals surface area contributed by atoms with E-state index in [0.717, 1.165) is 31.2 Å². The molecule has 1 aliphatic heterocycles. The van der Waals surface area contributed by atoms with Gasteiger partial charge in [-0.15, -0.1) is 0 Å². The molecule has 2 rings (SSSR count). The summed E-state index contributed by atoms with van der Waals surface area (Å²) in [5.41, 5.74) is 0.754. The number of carbonyl (C=O) groups is 2. The number of nitrogens with zero attached hydrogens (tertiary/aromatic N) is 2. The molecule has 8 heteroatoms. The average molecular weight is 490 g/mol. The Kier molecular flexibility index (Phi) is 11.8. The molecule has 196 valence electrons. The highest BCUT2D eigenvalue weighted by molar-refractivity contribution is 5.80. The highest BCUT2D eigenvalue weighted by atomic mass is 16.5.